The van der Waals surface area contributed by atoms with Gasteiger partial charge in [0.15, 0.2) is 0 Å². The van der Waals surface area contributed by atoms with Gasteiger partial charge in [-0.05, 0) is 72.2 Å². The lowest BCUT2D eigenvalue weighted by Gasteiger charge is -2.20. The first-order valence-corrected chi connectivity index (χ1v) is 28.8. The molecule has 0 unspecified atom stereocenters. The van der Waals surface area contributed by atoms with Crippen LogP contribution in [0.3, 0.4) is 0 Å². The Morgan fingerprint density at radius 2 is 0.369 bits per heavy atom. The fraction of sp³-hybridized carbons (Fsp3) is 0.0526. The average molecular weight is 1080 g/mol. The second-order valence-electron chi connectivity index (χ2n) is 21.5. The fourth-order valence-electron chi connectivity index (χ4n) is 12.1. The van der Waals surface area contributed by atoms with Gasteiger partial charge >= 0.3 is 0 Å². The van der Waals surface area contributed by atoms with E-state index in [2.05, 4.69) is 287 Å². The lowest BCUT2D eigenvalue weighted by Crippen LogP contribution is -2.07. The van der Waals surface area contributed by atoms with E-state index >= 15 is 0 Å². The summed E-state index contributed by atoms with van der Waals surface area (Å²) in [5.41, 5.74) is 24.8. The predicted molar refractivity (Wildman–Crippen MR) is 342 cm³/mol. The molecule has 4 aliphatic rings. The number of aromatic nitrogens is 8. The quantitative estimate of drug-likeness (QED) is 0.0975. The van der Waals surface area contributed by atoms with Crippen LogP contribution < -0.4 is 0 Å². The van der Waals surface area contributed by atoms with Gasteiger partial charge in [-0.25, -0.2) is 19.9 Å². The van der Waals surface area contributed by atoms with Crippen LogP contribution in [0, 0.1) is 0 Å². The molecule has 0 radical (unpaired) electrons. The van der Waals surface area contributed by atoms with E-state index in [0.29, 0.717) is 25.7 Å². The largest absolute Gasteiger partial charge is 0.337 e. The second-order valence-corrected chi connectivity index (χ2v) is 21.5. The van der Waals surface area contributed by atoms with E-state index in [1.165, 1.54) is 0 Å². The summed E-state index contributed by atoms with van der Waals surface area (Å²) in [6.07, 6.45) is 2.65. The van der Waals surface area contributed by atoms with Crippen LogP contribution in [0.15, 0.2) is 267 Å². The second kappa shape index (κ2) is 21.8. The van der Waals surface area contributed by atoms with E-state index in [0.717, 1.165) is 158 Å². The maximum absolute atomic E-state index is 5.58. The topological polar surface area (TPSA) is 115 Å². The molecule has 10 aromatic carbocycles. The number of hydrogen-bond donors (Lipinski definition) is 4. The van der Waals surface area contributed by atoms with E-state index in [1.807, 2.05) is 0 Å². The van der Waals surface area contributed by atoms with Crippen LogP contribution in [-0.2, 0) is 25.7 Å². The van der Waals surface area contributed by atoms with Crippen molar-refractivity contribution in [2.24, 2.45) is 0 Å². The summed E-state index contributed by atoms with van der Waals surface area (Å²) < 4.78 is 0. The maximum Gasteiger partial charge on any atom is 0.138 e. The Kier molecular flexibility index (Phi) is 13.0. The number of H-pyrrole nitrogens is 4. The van der Waals surface area contributed by atoms with E-state index in [1.54, 1.807) is 0 Å². The summed E-state index contributed by atoms with van der Waals surface area (Å²) in [6.45, 7) is 0. The van der Waals surface area contributed by atoms with Gasteiger partial charge in [-0.1, -0.05) is 243 Å². The van der Waals surface area contributed by atoms with Gasteiger partial charge in [-0.15, -0.1) is 0 Å². The van der Waals surface area contributed by atoms with Crippen molar-refractivity contribution in [1.29, 1.82) is 0 Å². The normalized spacial score (nSPS) is 12.1. The van der Waals surface area contributed by atoms with Crippen LogP contribution in [0.1, 0.15) is 22.3 Å². The molecule has 0 spiro atoms. The van der Waals surface area contributed by atoms with Crippen LogP contribution in [0.2, 0.25) is 0 Å². The summed E-state index contributed by atoms with van der Waals surface area (Å²) in [5, 5.41) is 0. The van der Waals surface area contributed by atoms with Gasteiger partial charge in [0.2, 0.25) is 0 Å². The van der Waals surface area contributed by atoms with E-state index in [9.17, 15) is 0 Å². The minimum absolute atomic E-state index is 0.661. The van der Waals surface area contributed by atoms with Crippen molar-refractivity contribution in [1.82, 2.24) is 39.9 Å². The van der Waals surface area contributed by atoms with Crippen molar-refractivity contribution in [3.05, 3.63) is 289 Å². The van der Waals surface area contributed by atoms with Crippen molar-refractivity contribution in [2.75, 3.05) is 0 Å². The van der Waals surface area contributed by atoms with Gasteiger partial charge in [-0.2, -0.15) is 0 Å². The minimum atomic E-state index is 0.661. The number of aromatic amines is 4. The molecule has 8 heteroatoms. The molecule has 0 aliphatic heterocycles. The van der Waals surface area contributed by atoms with E-state index in [4.69, 9.17) is 19.9 Å². The Morgan fingerprint density at radius 1 is 0.202 bits per heavy atom. The average Bonchev–Trinajstić information content (AvgIpc) is 2.35. The highest BCUT2D eigenvalue weighted by Gasteiger charge is 2.27. The predicted octanol–water partition coefficient (Wildman–Crippen LogP) is 18.5. The zero-order valence-corrected chi connectivity index (χ0v) is 46.0. The van der Waals surface area contributed by atoms with Crippen LogP contribution in [0.5, 0.6) is 0 Å². The summed E-state index contributed by atoms with van der Waals surface area (Å²) in [7, 11) is 0. The summed E-state index contributed by atoms with van der Waals surface area (Å²) >= 11 is 0. The molecule has 4 aliphatic carbocycles. The third kappa shape index (κ3) is 9.55. The Balaban J connectivity index is 0.965. The van der Waals surface area contributed by atoms with Gasteiger partial charge in [0.1, 0.15) is 23.3 Å². The molecule has 0 fully saturated rings. The standard InChI is InChI=1S/C76H56N8/c1-9-25-49(26-10-1)65-66(50-27-11-2-12-28-50)78-73(77-65)61-45-58-43-44-60-48-63(75-81-69(53-33-17-5-18-34-53)70(82-75)54-35-19-6-20-36-54)59(47-64(60)76-83-71(55-37-21-7-22-38-55)72(84-76)56-39-23-8-24-40-56)42-41-57(61)46-62(58)74-79-67(51-29-13-3-14-30-51)68(80-74)52-31-15-4-16-32-52/h1-40,45-48H,41-44H2,(H,77,78)(H,79,80)(H,81,82)(H,83,84). The van der Waals surface area contributed by atoms with Crippen LogP contribution in [0.25, 0.3) is 136 Å². The molecule has 0 amide bonds. The zero-order valence-electron chi connectivity index (χ0n) is 46.0. The van der Waals surface area contributed by atoms with E-state index in [-0.39, 0.29) is 0 Å². The first-order valence-electron chi connectivity index (χ1n) is 28.8. The highest BCUT2D eigenvalue weighted by molar-refractivity contribution is 5.88. The molecule has 8 nitrogen and oxygen atoms in total. The molecule has 400 valence electrons. The number of aryl methyl sites for hydroxylation is 4. The van der Waals surface area contributed by atoms with Gasteiger partial charge in [0, 0.05) is 66.8 Å². The Morgan fingerprint density at radius 3 is 0.548 bits per heavy atom. The lowest BCUT2D eigenvalue weighted by atomic mass is 9.86. The number of nitrogens with zero attached hydrogens (tertiary/aromatic N) is 4. The third-order valence-corrected chi connectivity index (χ3v) is 16.3. The molecule has 4 bridgehead atoms. The SMILES string of the molecule is c1ccc(-c2nc(-c3cc4c(-c5nc(-c6ccccc6)c(-c6ccccc6)[nH]5)cc3CCc3cc(-c5nc(-c6ccccc6)c(-c6ccccc6)[nH]5)c(cc3-c3nc(-c5ccccc5)c(-c5ccccc5)[nH]3)CC4)[nH]c2-c2ccccc2)cc1. The monoisotopic (exact) mass is 1080 g/mol. The Labute approximate surface area is 487 Å². The summed E-state index contributed by atoms with van der Waals surface area (Å²) in [5.74, 6) is 3.28. The smallest absolute Gasteiger partial charge is 0.138 e. The Bertz CT molecular complexity index is 3780. The number of imidazole rings is 4. The van der Waals surface area contributed by atoms with E-state index < -0.39 is 0 Å². The molecule has 0 saturated heterocycles. The summed E-state index contributed by atoms with van der Waals surface area (Å²) in [6, 6.07) is 93.9. The van der Waals surface area contributed by atoms with Crippen molar-refractivity contribution < 1.29 is 0 Å². The number of nitrogens with one attached hydrogen (secondary N) is 4. The van der Waals surface area contributed by atoms with Crippen molar-refractivity contribution >= 4 is 0 Å². The fourth-order valence-corrected chi connectivity index (χ4v) is 12.1. The van der Waals surface area contributed by atoms with Gasteiger partial charge in [0.05, 0.1) is 45.6 Å². The van der Waals surface area contributed by atoms with Crippen molar-refractivity contribution in [2.45, 2.75) is 25.7 Å². The molecule has 4 heterocycles. The number of benzene rings is 10. The molecule has 84 heavy (non-hydrogen) atoms. The van der Waals surface area contributed by atoms with Crippen LogP contribution in [0.4, 0.5) is 0 Å². The van der Waals surface area contributed by atoms with Gasteiger partial charge in [0.25, 0.3) is 0 Å². The first-order chi connectivity index (χ1) is 41.6. The molecule has 0 atom stereocenters. The van der Waals surface area contributed by atoms with Crippen molar-refractivity contribution in [3.8, 4) is 136 Å². The number of rotatable bonds is 12. The molecular weight excluding hydrogens is 1020 g/mol. The van der Waals surface area contributed by atoms with Crippen molar-refractivity contribution in [3.63, 3.8) is 0 Å². The van der Waals surface area contributed by atoms with Crippen LogP contribution in [-0.4, -0.2) is 39.9 Å². The first kappa shape index (κ1) is 50.0. The molecule has 14 aromatic rings. The Hall–Kier alpha value is -11.0. The minimum Gasteiger partial charge on any atom is -0.337 e. The molecular formula is C76H56N8. The third-order valence-electron chi connectivity index (χ3n) is 16.3. The lowest BCUT2D eigenvalue weighted by molar-refractivity contribution is 0.921. The van der Waals surface area contributed by atoms with Crippen LogP contribution >= 0.6 is 0 Å². The van der Waals surface area contributed by atoms with Gasteiger partial charge < -0.3 is 19.9 Å². The summed E-state index contributed by atoms with van der Waals surface area (Å²) in [4.78, 5) is 38.0. The van der Waals surface area contributed by atoms with Gasteiger partial charge in [-0.3, -0.25) is 0 Å². The zero-order chi connectivity index (χ0) is 55.8. The molecule has 4 aromatic heterocycles. The highest BCUT2D eigenvalue weighted by Crippen LogP contribution is 2.44. The molecule has 18 rings (SSSR count). The number of hydrogen-bond acceptors (Lipinski definition) is 4. The maximum atomic E-state index is 5.58. The molecule has 0 saturated carbocycles. The molecule has 4 N–H and O–H groups in total. The highest BCUT2D eigenvalue weighted by atomic mass is 15.0.